The van der Waals surface area contributed by atoms with Crippen LogP contribution in [-0.4, -0.2) is 48.0 Å². The van der Waals surface area contributed by atoms with Crippen LogP contribution in [0, 0.1) is 11.7 Å². The zero-order chi connectivity index (χ0) is 29.3. The molecule has 8 nitrogen and oxygen atoms in total. The van der Waals surface area contributed by atoms with E-state index in [-0.39, 0.29) is 29.7 Å². The van der Waals surface area contributed by atoms with Crippen molar-refractivity contribution >= 4 is 44.8 Å². The third-order valence-corrected chi connectivity index (χ3v) is 11.5. The van der Waals surface area contributed by atoms with E-state index in [0.29, 0.717) is 46.8 Å². The Bertz CT molecular complexity index is 1650. The van der Waals surface area contributed by atoms with Gasteiger partial charge in [-0.3, -0.25) is 9.89 Å². The van der Waals surface area contributed by atoms with E-state index < -0.39 is 27.0 Å². The standard InChI is InChI=1S/C30H31Cl2FN4O4S/c1-15-23-11-20(37(15)19-4-7-22(26(33)12-19)30(38)36-42(39,40)21-5-6-21)13-28(23)41-14-18-10-27(35-34-18)29-24(31)8-17(9-25(29)32)16-2-3-16/h4,7-10,12,15-16,20-21,23,28H,2-3,5-6,11,13-14H2,1H3,(H,34,35)(H,36,38)/t15-,20+,23+,28-/m1/s1. The van der Waals surface area contributed by atoms with Gasteiger partial charge >= 0.3 is 0 Å². The van der Waals surface area contributed by atoms with E-state index in [4.69, 9.17) is 27.9 Å². The molecule has 4 atom stereocenters. The number of nitrogens with one attached hydrogen (secondary N) is 2. The minimum absolute atomic E-state index is 0.0422. The van der Waals surface area contributed by atoms with E-state index in [1.54, 1.807) is 6.07 Å². The summed E-state index contributed by atoms with van der Waals surface area (Å²) in [5.41, 5.74) is 3.80. The molecule has 4 aliphatic rings. The minimum Gasteiger partial charge on any atom is -0.372 e. The van der Waals surface area contributed by atoms with E-state index in [1.165, 1.54) is 30.5 Å². The lowest BCUT2D eigenvalue weighted by molar-refractivity contribution is 0.00258. The number of H-pyrrole nitrogens is 1. The van der Waals surface area contributed by atoms with E-state index in [0.717, 1.165) is 24.1 Å². The van der Waals surface area contributed by atoms with Crippen LogP contribution in [0.4, 0.5) is 10.1 Å². The van der Waals surface area contributed by atoms with Gasteiger partial charge in [-0.15, -0.1) is 0 Å². The van der Waals surface area contributed by atoms with Gasteiger partial charge in [0.25, 0.3) is 5.91 Å². The van der Waals surface area contributed by atoms with Gasteiger partial charge in [-0.05, 0) is 93.3 Å². The summed E-state index contributed by atoms with van der Waals surface area (Å²) in [6.07, 6.45) is 5.14. The second kappa shape index (κ2) is 10.5. The number of nitrogens with zero attached hydrogens (tertiary/aromatic N) is 2. The van der Waals surface area contributed by atoms with Crippen molar-refractivity contribution in [3.63, 3.8) is 0 Å². The molecular weight excluding hydrogens is 602 g/mol. The summed E-state index contributed by atoms with van der Waals surface area (Å²) in [7, 11) is -3.75. The van der Waals surface area contributed by atoms with Crippen molar-refractivity contribution < 1.29 is 22.3 Å². The summed E-state index contributed by atoms with van der Waals surface area (Å²) in [6, 6.07) is 10.5. The van der Waals surface area contributed by atoms with E-state index >= 15 is 0 Å². The van der Waals surface area contributed by atoms with E-state index in [9.17, 15) is 17.6 Å². The van der Waals surface area contributed by atoms with Gasteiger partial charge in [-0.1, -0.05) is 23.2 Å². The fourth-order valence-electron chi connectivity index (χ4n) is 6.66. The molecule has 3 aliphatic carbocycles. The van der Waals surface area contributed by atoms with Crippen molar-refractivity contribution in [2.45, 2.75) is 81.4 Å². The number of hydrogen-bond donors (Lipinski definition) is 2. The number of rotatable bonds is 9. The van der Waals surface area contributed by atoms with Gasteiger partial charge in [0.05, 0.1) is 45.0 Å². The third-order valence-electron chi connectivity index (χ3n) is 9.12. The number of anilines is 1. The molecule has 2 N–H and O–H groups in total. The van der Waals surface area contributed by atoms with Gasteiger partial charge < -0.3 is 9.64 Å². The Morgan fingerprint density at radius 3 is 2.50 bits per heavy atom. The largest absolute Gasteiger partial charge is 0.372 e. The molecule has 2 bridgehead atoms. The average molecular weight is 634 g/mol. The number of hydrogen-bond acceptors (Lipinski definition) is 6. The van der Waals surface area contributed by atoms with Gasteiger partial charge in [-0.25, -0.2) is 17.5 Å². The Balaban J connectivity index is 0.982. The van der Waals surface area contributed by atoms with Gasteiger partial charge in [0.1, 0.15) is 5.82 Å². The highest BCUT2D eigenvalue weighted by Gasteiger charge is 2.50. The third kappa shape index (κ3) is 5.20. The molecule has 2 aromatic carbocycles. The second-order valence-corrected chi connectivity index (χ2v) is 14.8. The maximum Gasteiger partial charge on any atom is 0.267 e. The van der Waals surface area contributed by atoms with Crippen LogP contribution in [0.15, 0.2) is 36.4 Å². The Kier molecular flexibility index (Phi) is 7.03. The van der Waals surface area contributed by atoms with Crippen LogP contribution in [0.3, 0.4) is 0 Å². The van der Waals surface area contributed by atoms with E-state index in [2.05, 4.69) is 22.0 Å². The van der Waals surface area contributed by atoms with Crippen LogP contribution in [0.25, 0.3) is 11.3 Å². The fraction of sp³-hybridized carbons (Fsp3) is 0.467. The number of carbonyl (C=O) groups is 1. The molecule has 1 aliphatic heterocycles. The highest BCUT2D eigenvalue weighted by Crippen LogP contribution is 2.47. The fourth-order valence-corrected chi connectivity index (χ4v) is 8.65. The first kappa shape index (κ1) is 28.1. The zero-order valence-corrected chi connectivity index (χ0v) is 25.3. The lowest BCUT2D eigenvalue weighted by Gasteiger charge is -2.38. The number of carbonyl (C=O) groups excluding carboxylic acids is 1. The van der Waals surface area contributed by atoms with Crippen molar-refractivity contribution in [2.24, 2.45) is 5.92 Å². The van der Waals surface area contributed by atoms with Crippen molar-refractivity contribution in [3.05, 3.63) is 69.1 Å². The predicted octanol–water partition coefficient (Wildman–Crippen LogP) is 6.19. The van der Waals surface area contributed by atoms with Crippen molar-refractivity contribution in [2.75, 3.05) is 4.90 Å². The van der Waals surface area contributed by atoms with E-state index in [1.807, 2.05) is 22.9 Å². The van der Waals surface area contributed by atoms with Crippen LogP contribution in [0.2, 0.25) is 10.0 Å². The molecule has 222 valence electrons. The maximum atomic E-state index is 15.0. The smallest absolute Gasteiger partial charge is 0.267 e. The van der Waals surface area contributed by atoms with Crippen LogP contribution in [0.5, 0.6) is 0 Å². The number of ether oxygens (including phenoxy) is 1. The summed E-state index contributed by atoms with van der Waals surface area (Å²) < 4.78 is 47.6. The molecule has 7 rings (SSSR count). The van der Waals surface area contributed by atoms with Crippen LogP contribution >= 0.6 is 23.2 Å². The highest BCUT2D eigenvalue weighted by molar-refractivity contribution is 7.91. The molecule has 0 spiro atoms. The Labute approximate surface area is 254 Å². The normalized spacial score (nSPS) is 25.3. The highest BCUT2D eigenvalue weighted by atomic mass is 35.5. The Morgan fingerprint density at radius 2 is 1.86 bits per heavy atom. The molecule has 4 fully saturated rings. The summed E-state index contributed by atoms with van der Waals surface area (Å²) in [4.78, 5) is 14.6. The summed E-state index contributed by atoms with van der Waals surface area (Å²) >= 11 is 13.2. The topological polar surface area (TPSA) is 104 Å². The van der Waals surface area contributed by atoms with Crippen molar-refractivity contribution in [3.8, 4) is 11.3 Å². The van der Waals surface area contributed by atoms with Gasteiger partial charge in [0.2, 0.25) is 10.0 Å². The molecule has 42 heavy (non-hydrogen) atoms. The molecule has 1 amide bonds. The molecular formula is C30H31Cl2FN4O4S. The predicted molar refractivity (Wildman–Crippen MR) is 159 cm³/mol. The van der Waals surface area contributed by atoms with Crippen molar-refractivity contribution in [1.82, 2.24) is 14.9 Å². The SMILES string of the molecule is C[C@@H]1[C@@H]2C[C@@H](C[C@H]2OCc2cc(-c3c(Cl)cc(C4CC4)cc3Cl)n[nH]2)N1c1ccc(C(=O)NS(=O)(=O)C2CC2)c(F)c1. The monoisotopic (exact) mass is 632 g/mol. The Hall–Kier alpha value is -2.66. The molecule has 3 aromatic rings. The number of sulfonamides is 1. The van der Waals surface area contributed by atoms with Gasteiger partial charge in [0.15, 0.2) is 0 Å². The first-order valence-electron chi connectivity index (χ1n) is 14.4. The van der Waals surface area contributed by atoms with Crippen LogP contribution in [0.1, 0.15) is 73.0 Å². The average Bonchev–Trinajstić information content (AvgIpc) is 3.85. The molecule has 0 unspecified atom stereocenters. The summed E-state index contributed by atoms with van der Waals surface area (Å²) in [6.45, 7) is 2.47. The minimum atomic E-state index is -3.75. The quantitative estimate of drug-likeness (QED) is 0.291. The first-order valence-corrected chi connectivity index (χ1v) is 16.7. The molecule has 1 aromatic heterocycles. The Morgan fingerprint density at radius 1 is 1.12 bits per heavy atom. The lowest BCUT2D eigenvalue weighted by Crippen LogP contribution is -2.45. The first-order chi connectivity index (χ1) is 20.1. The summed E-state index contributed by atoms with van der Waals surface area (Å²) in [5.74, 6) is -0.862. The molecule has 12 heteroatoms. The second-order valence-electron chi connectivity index (χ2n) is 12.0. The number of benzene rings is 2. The van der Waals surface area contributed by atoms with Crippen molar-refractivity contribution in [1.29, 1.82) is 0 Å². The molecule has 3 saturated carbocycles. The maximum absolute atomic E-state index is 15.0. The van der Waals surface area contributed by atoms with Crippen LogP contribution < -0.4 is 9.62 Å². The number of aromatic nitrogens is 2. The number of amides is 1. The number of fused-ring (bicyclic) bond motifs is 2. The summed E-state index contributed by atoms with van der Waals surface area (Å²) in [5, 5.41) is 8.12. The number of halogens is 3. The zero-order valence-electron chi connectivity index (χ0n) is 22.9. The molecule has 0 radical (unpaired) electrons. The van der Waals surface area contributed by atoms with Crippen LogP contribution in [-0.2, 0) is 21.4 Å². The lowest BCUT2D eigenvalue weighted by atomic mass is 9.96. The number of piperidine rings is 1. The number of aromatic amines is 1. The van der Waals surface area contributed by atoms with Gasteiger partial charge in [0, 0.05) is 29.3 Å². The molecule has 1 saturated heterocycles. The van der Waals surface area contributed by atoms with Gasteiger partial charge in [-0.2, -0.15) is 5.10 Å². The molecule has 2 heterocycles.